The van der Waals surface area contributed by atoms with Gasteiger partial charge in [-0.05, 0) is 253 Å². The monoisotopic (exact) mass is 1920 g/mol. The Labute approximate surface area is 799 Å². The first-order valence-corrected chi connectivity index (χ1v) is 48.7. The highest BCUT2D eigenvalue weighted by Crippen LogP contribution is 2.52. The van der Waals surface area contributed by atoms with Crippen LogP contribution in [0.25, 0.3) is 21.8 Å². The van der Waals surface area contributed by atoms with Crippen molar-refractivity contribution in [1.82, 2.24) is 31.2 Å². The number of ether oxygens (including phenoxy) is 3. The van der Waals surface area contributed by atoms with E-state index in [0.717, 1.165) is 187 Å². The zero-order valence-corrected chi connectivity index (χ0v) is 78.9. The van der Waals surface area contributed by atoms with Crippen molar-refractivity contribution >= 4 is 109 Å². The number of aromatic nitrogens is 2. The van der Waals surface area contributed by atoms with Crippen LogP contribution in [0, 0.1) is 3.57 Å². The van der Waals surface area contributed by atoms with Gasteiger partial charge in [-0.25, -0.2) is 14.4 Å². The highest BCUT2D eigenvalue weighted by molar-refractivity contribution is 14.1. The number of carbonyl (C=O) groups is 8. The summed E-state index contributed by atoms with van der Waals surface area (Å²) in [4.78, 5) is 104. The molecule has 5 heterocycles. The fourth-order valence-electron chi connectivity index (χ4n) is 20.2. The van der Waals surface area contributed by atoms with Crippen molar-refractivity contribution in [2.24, 2.45) is 0 Å². The molecule has 23 nitrogen and oxygen atoms in total. The number of aliphatic hydroxyl groups is 1. The Hall–Kier alpha value is -12.2. The van der Waals surface area contributed by atoms with E-state index in [9.17, 15) is 48.6 Å². The van der Waals surface area contributed by atoms with Gasteiger partial charge in [0.1, 0.15) is 34.5 Å². The normalized spacial score (nSPS) is 20.4. The third-order valence-corrected chi connectivity index (χ3v) is 27.6. The summed E-state index contributed by atoms with van der Waals surface area (Å²) in [6.45, 7) is 0. The maximum atomic E-state index is 13.2. The molecule has 6 saturated carbocycles. The Morgan fingerprint density at radius 1 is 0.433 bits per heavy atom. The lowest BCUT2D eigenvalue weighted by atomic mass is 9.73. The molecule has 9 aliphatic rings. The summed E-state index contributed by atoms with van der Waals surface area (Å²) in [7, 11) is 4.11. The molecule has 134 heavy (non-hydrogen) atoms. The number of carboxylic acids is 2. The molecule has 3 saturated heterocycles. The number of rotatable bonds is 15. The van der Waals surface area contributed by atoms with Crippen LogP contribution in [0.2, 0.25) is 0 Å². The lowest BCUT2D eigenvalue weighted by Gasteiger charge is -2.38. The van der Waals surface area contributed by atoms with Gasteiger partial charge in [0, 0.05) is 68.5 Å². The van der Waals surface area contributed by atoms with Gasteiger partial charge in [0.25, 0.3) is 11.8 Å². The number of carbonyl (C=O) groups excluding carboxylic acids is 6. The number of nitrogens with zero attached hydrogens (tertiary/aromatic N) is 3. The molecule has 6 atom stereocenters. The summed E-state index contributed by atoms with van der Waals surface area (Å²) >= 11 is 2.21. The Morgan fingerprint density at radius 3 is 1.23 bits per heavy atom. The van der Waals surface area contributed by atoms with Gasteiger partial charge < -0.3 is 61.4 Å². The van der Waals surface area contributed by atoms with E-state index in [4.69, 9.17) is 19.3 Å². The van der Waals surface area contributed by atoms with Crippen molar-refractivity contribution in [3.05, 3.63) is 316 Å². The predicted octanol–water partition coefficient (Wildman–Crippen LogP) is 23.4. The number of hydrogen-bond acceptors (Lipinski definition) is 16. The van der Waals surface area contributed by atoms with Crippen LogP contribution in [-0.2, 0) is 35.0 Å². The van der Waals surface area contributed by atoms with Crippen LogP contribution in [-0.4, -0.2) is 122 Å². The van der Waals surface area contributed by atoms with Crippen molar-refractivity contribution in [2.75, 3.05) is 29.6 Å². The molecule has 9 fully saturated rings. The predicted molar refractivity (Wildman–Crippen MR) is 533 cm³/mol. The number of likely N-dealkylation sites (N-methyl/N-ethyl adjacent to an activating group) is 2. The van der Waals surface area contributed by atoms with E-state index in [2.05, 4.69) is 115 Å². The molecule has 0 radical (unpaired) electrons. The largest absolute Gasteiger partial charge is 0.481 e. The highest BCUT2D eigenvalue weighted by atomic mass is 127. The molecule has 4 unspecified atom stereocenters. The van der Waals surface area contributed by atoms with E-state index in [0.29, 0.717) is 53.1 Å². The standard InChI is InChI=1S/C30H27N3O3.C16H11IN2O.2C14H17NO2.C14H18O3.C8H18N2.C8H8O2.C6H10O/c34-28(32-25-13-7-11-21-12-8-20-31-26(21)25)23-14-16-24(17-15-23)33-27(22-9-3-1-4-10-22)30(36-29(33)35)18-5-2-6-19-30;17-13-8-6-12(7-9-13)16(20)19-14-5-1-3-11-4-2-10-18-15(11)14;2*16-13-15-12(11-7-3-1-4-8-11)14(17-13)9-5-2-6-10-14;15-13(16)12(11-7-3-1-4-8-11)14(17)9-5-2-6-10-14;1-9-7-5-3-4-6-8(7)10-2;9-8(10)6-7-4-2-1-3-5-7;7-6-4-2-1-3-5-6/h1,3-4,7-17,20,27H,2,5-6,18-19H2,(H,32,34);1-10H,(H,19,20);2*1,3-4,7-8,12H,2,5-6,9-10H2,(H,15,16);1,3-4,7-8,12,17H,2,5-6,9-10H2,(H,15,16);7-10H,3-6H2,1-2H3;1-5H,6H2,(H,9,10);1-5H2/t;;;;;7-,8-;;/m.....1../s1. The van der Waals surface area contributed by atoms with Crippen LogP contribution >= 0.6 is 22.6 Å². The van der Waals surface area contributed by atoms with Crippen LogP contribution in [0.4, 0.5) is 31.4 Å². The fraction of sp³-hybridized carbons (Fsp3) is 0.382. The first kappa shape index (κ1) is 99.3. The summed E-state index contributed by atoms with van der Waals surface area (Å²) in [5.41, 5.74) is 7.52. The molecule has 11 aromatic rings. The Morgan fingerprint density at radius 2 is 0.821 bits per heavy atom. The molecule has 20 rings (SSSR count). The summed E-state index contributed by atoms with van der Waals surface area (Å²) in [5.74, 6) is -2.41. The Kier molecular flexibility index (Phi) is 36.4. The summed E-state index contributed by atoms with van der Waals surface area (Å²) in [6.07, 6.45) is 33.4. The highest BCUT2D eigenvalue weighted by Gasteiger charge is 2.56. The van der Waals surface area contributed by atoms with Crippen molar-refractivity contribution in [3.63, 3.8) is 0 Å². The van der Waals surface area contributed by atoms with Gasteiger partial charge in [-0.2, -0.15) is 0 Å². The van der Waals surface area contributed by atoms with E-state index in [1.165, 1.54) is 44.9 Å². The fourth-order valence-corrected chi connectivity index (χ4v) is 20.5. The number of nitrogens with one attached hydrogen (secondary N) is 6. The van der Waals surface area contributed by atoms with Crippen LogP contribution < -0.4 is 36.8 Å². The quantitative estimate of drug-likeness (QED) is 0.0340. The SMILES string of the molecule is CN[C@@H]1CCCC[C@H]1NC.O=C(Nc1cccc2cccnc12)c1ccc(I)cc1.O=C(Nc1cccc2cccnc12)c1ccc(N2C(=O)OC3(CCCCC3)C2c2ccccc2)cc1.O=C(O)C(c1ccccc1)C1(O)CCCCC1.O=C(O)Cc1ccccc1.O=C1CCCCC1.O=C1NC(c2ccccc2)C2(CCCCC2)O1.O=C1NC(c2ccccc2)C2(CCCCC2)O1. The van der Waals surface area contributed by atoms with Crippen molar-refractivity contribution in [2.45, 2.75) is 251 Å². The van der Waals surface area contributed by atoms with Gasteiger partial charge in [0.15, 0.2) is 0 Å². The number of fused-ring (bicyclic) bond motifs is 2. The zero-order valence-electron chi connectivity index (χ0n) is 76.7. The van der Waals surface area contributed by atoms with Crippen LogP contribution in [0.3, 0.4) is 0 Å². The van der Waals surface area contributed by atoms with E-state index in [1.807, 2.05) is 188 Å². The minimum Gasteiger partial charge on any atom is -0.481 e. The number of benzene rings is 9. The average Bonchev–Trinajstić information content (AvgIpc) is 1.58. The number of amides is 5. The Balaban J connectivity index is 0.000000136. The van der Waals surface area contributed by atoms with Crippen molar-refractivity contribution < 1.29 is 67.9 Å². The van der Waals surface area contributed by atoms with Crippen LogP contribution in [0.5, 0.6) is 0 Å². The lowest BCUT2D eigenvalue weighted by molar-refractivity contribution is -0.148. The summed E-state index contributed by atoms with van der Waals surface area (Å²) in [5, 5.41) is 48.8. The second-order valence-electron chi connectivity index (χ2n) is 36.0. The molecule has 24 heteroatoms. The van der Waals surface area contributed by atoms with Gasteiger partial charge in [-0.15, -0.1) is 0 Å². The molecule has 0 bridgehead atoms. The van der Waals surface area contributed by atoms with Gasteiger partial charge in [-0.3, -0.25) is 38.8 Å². The third kappa shape index (κ3) is 26.7. The first-order chi connectivity index (χ1) is 65.2. The van der Waals surface area contributed by atoms with Crippen LogP contribution in [0.15, 0.2) is 273 Å². The molecule has 3 aliphatic heterocycles. The topological polar surface area (TPSA) is 326 Å². The van der Waals surface area contributed by atoms with E-state index >= 15 is 0 Å². The number of Topliss-reactive ketones (excluding diaryl/α,β-unsaturated/α-hetero) is 1. The minimum atomic E-state index is -1.08. The first-order valence-electron chi connectivity index (χ1n) is 47.6. The number of anilines is 3. The minimum absolute atomic E-state index is 0.0245. The maximum absolute atomic E-state index is 13.2. The second kappa shape index (κ2) is 49.1. The second-order valence-corrected chi connectivity index (χ2v) is 37.2. The summed E-state index contributed by atoms with van der Waals surface area (Å²) < 4.78 is 18.4. The number of hydrogen-bond donors (Lipinski definition) is 9. The number of alkyl carbamates (subject to hydrolysis) is 2. The smallest absolute Gasteiger partial charge is 0.415 e. The molecule has 2 aromatic heterocycles. The molecular weight excluding hydrogens is 1800 g/mol. The number of halogens is 1. The maximum Gasteiger partial charge on any atom is 0.415 e. The molecule has 9 aromatic carbocycles. The van der Waals surface area contributed by atoms with Gasteiger partial charge in [0.2, 0.25) is 0 Å². The zero-order chi connectivity index (χ0) is 94.1. The number of carboxylic acid groups (broad SMARTS) is 2. The van der Waals surface area contributed by atoms with Crippen molar-refractivity contribution in [1.29, 1.82) is 0 Å². The molecule has 5 amide bonds. The summed E-state index contributed by atoms with van der Waals surface area (Å²) in [6, 6.07) is 83.6. The third-order valence-electron chi connectivity index (χ3n) is 26.9. The average molecular weight is 1930 g/mol. The van der Waals surface area contributed by atoms with Gasteiger partial charge >= 0.3 is 30.2 Å². The van der Waals surface area contributed by atoms with Crippen LogP contribution in [0.1, 0.15) is 259 Å². The van der Waals surface area contributed by atoms with Gasteiger partial charge in [-0.1, -0.05) is 246 Å². The van der Waals surface area contributed by atoms with Gasteiger partial charge in [0.05, 0.1) is 46.5 Å². The lowest BCUT2D eigenvalue weighted by Crippen LogP contribution is -2.47. The number of para-hydroxylation sites is 2. The molecule has 6 aliphatic carbocycles. The molecule has 702 valence electrons. The van der Waals surface area contributed by atoms with Crippen molar-refractivity contribution in [3.8, 4) is 0 Å². The molecule has 3 spiro atoms. The molecule has 9 N–H and O–H groups in total. The van der Waals surface area contributed by atoms with E-state index in [1.54, 1.807) is 53.7 Å². The van der Waals surface area contributed by atoms with E-state index in [-0.39, 0.29) is 65.8 Å². The number of aliphatic carboxylic acids is 2. The number of pyridine rings is 2. The number of ketones is 1. The Bertz CT molecular complexity index is 5510. The van der Waals surface area contributed by atoms with E-state index < -0.39 is 29.1 Å². The molecular formula is C110H126IN9O14.